The van der Waals surface area contributed by atoms with E-state index in [0.717, 1.165) is 0 Å². The molecule has 0 saturated carbocycles. The van der Waals surface area contributed by atoms with Gasteiger partial charge in [-0.25, -0.2) is 4.98 Å². The molecule has 7 heteroatoms. The van der Waals surface area contributed by atoms with Crippen molar-refractivity contribution < 1.29 is 19.2 Å². The Kier molecular flexibility index (Phi) is 3.93. The van der Waals surface area contributed by atoms with E-state index in [9.17, 15) is 9.59 Å². The van der Waals surface area contributed by atoms with Gasteiger partial charge in [0.15, 0.2) is 0 Å². The van der Waals surface area contributed by atoms with E-state index in [1.165, 1.54) is 6.92 Å². The Labute approximate surface area is 121 Å². The van der Waals surface area contributed by atoms with E-state index in [2.05, 4.69) is 15.5 Å². The van der Waals surface area contributed by atoms with Gasteiger partial charge in [0.2, 0.25) is 0 Å². The van der Waals surface area contributed by atoms with Crippen molar-refractivity contribution in [2.24, 2.45) is 0 Å². The van der Waals surface area contributed by atoms with Crippen molar-refractivity contribution in [1.82, 2.24) is 15.5 Å². The number of carboxylic acid groups (broad SMARTS) is 1. The van der Waals surface area contributed by atoms with Crippen molar-refractivity contribution in [3.8, 4) is 0 Å². The summed E-state index contributed by atoms with van der Waals surface area (Å²) in [4.78, 5) is 27.5. The molecule has 0 radical (unpaired) electrons. The van der Waals surface area contributed by atoms with E-state index in [0.29, 0.717) is 22.3 Å². The maximum Gasteiger partial charge on any atom is 0.325 e. The Bertz CT molecular complexity index is 706. The van der Waals surface area contributed by atoms with Gasteiger partial charge in [0.05, 0.1) is 16.6 Å². The first-order chi connectivity index (χ1) is 9.81. The quantitative estimate of drug-likeness (QED) is 0.890. The fourth-order valence-corrected chi connectivity index (χ4v) is 1.92. The van der Waals surface area contributed by atoms with E-state index >= 15 is 0 Å². The van der Waals surface area contributed by atoms with Crippen LogP contribution in [0.2, 0.25) is 0 Å². The second kappa shape index (κ2) is 5.51. The molecule has 0 aromatic carbocycles. The highest BCUT2D eigenvalue weighted by molar-refractivity contribution is 6.07. The summed E-state index contributed by atoms with van der Waals surface area (Å²) in [5.41, 5.74) is 1.84. The van der Waals surface area contributed by atoms with Crippen LogP contribution in [-0.2, 0) is 4.79 Å². The van der Waals surface area contributed by atoms with E-state index in [1.807, 2.05) is 13.8 Å². The minimum Gasteiger partial charge on any atom is -0.480 e. The molecule has 112 valence electrons. The monoisotopic (exact) mass is 291 g/mol. The van der Waals surface area contributed by atoms with Gasteiger partial charge in [-0.15, -0.1) is 0 Å². The number of aryl methyl sites for hydroxylation is 1. The summed E-state index contributed by atoms with van der Waals surface area (Å²) < 4.78 is 5.13. The molecule has 0 fully saturated rings. The largest absolute Gasteiger partial charge is 0.480 e. The van der Waals surface area contributed by atoms with Crippen LogP contribution in [0.5, 0.6) is 0 Å². The first-order valence-electron chi connectivity index (χ1n) is 6.61. The molecule has 0 aliphatic carbocycles. The smallest absolute Gasteiger partial charge is 0.325 e. The SMILES string of the molecule is Cc1noc2nc(C(C)C)cc(C(=O)N[C@H](C)C(=O)O)c12. The highest BCUT2D eigenvalue weighted by Crippen LogP contribution is 2.25. The first-order valence-corrected chi connectivity index (χ1v) is 6.61. The van der Waals surface area contributed by atoms with Gasteiger partial charge in [0, 0.05) is 5.69 Å². The number of carbonyl (C=O) groups excluding carboxylic acids is 1. The molecule has 0 unspecified atom stereocenters. The van der Waals surface area contributed by atoms with Crippen molar-refractivity contribution in [3.05, 3.63) is 23.0 Å². The fraction of sp³-hybridized carbons (Fsp3) is 0.429. The lowest BCUT2D eigenvalue weighted by molar-refractivity contribution is -0.138. The highest BCUT2D eigenvalue weighted by Gasteiger charge is 2.22. The number of hydrogen-bond donors (Lipinski definition) is 2. The Morgan fingerprint density at radius 1 is 1.33 bits per heavy atom. The van der Waals surface area contributed by atoms with Crippen molar-refractivity contribution in [2.45, 2.75) is 39.7 Å². The minimum absolute atomic E-state index is 0.100. The van der Waals surface area contributed by atoms with Gasteiger partial charge >= 0.3 is 5.97 Å². The van der Waals surface area contributed by atoms with Crippen molar-refractivity contribution in [1.29, 1.82) is 0 Å². The highest BCUT2D eigenvalue weighted by atomic mass is 16.5. The molecule has 7 nitrogen and oxygen atoms in total. The Hall–Kier alpha value is -2.44. The number of hydrogen-bond acceptors (Lipinski definition) is 5. The van der Waals surface area contributed by atoms with E-state index in [1.54, 1.807) is 13.0 Å². The number of aromatic nitrogens is 2. The van der Waals surface area contributed by atoms with Crippen LogP contribution in [0.1, 0.15) is 48.4 Å². The molecule has 2 aromatic rings. The Morgan fingerprint density at radius 2 is 2.00 bits per heavy atom. The summed E-state index contributed by atoms with van der Waals surface area (Å²) in [6.07, 6.45) is 0. The molecule has 2 aromatic heterocycles. The van der Waals surface area contributed by atoms with Crippen LogP contribution in [-0.4, -0.2) is 33.2 Å². The van der Waals surface area contributed by atoms with Crippen molar-refractivity contribution >= 4 is 23.0 Å². The average molecular weight is 291 g/mol. The van der Waals surface area contributed by atoms with Gasteiger partial charge in [-0.2, -0.15) is 0 Å². The number of aliphatic carboxylic acids is 1. The van der Waals surface area contributed by atoms with Crippen LogP contribution in [0.3, 0.4) is 0 Å². The maximum atomic E-state index is 12.3. The number of carboxylic acids is 1. The lowest BCUT2D eigenvalue weighted by Crippen LogP contribution is -2.38. The molecule has 21 heavy (non-hydrogen) atoms. The lowest BCUT2D eigenvalue weighted by atomic mass is 10.0. The van der Waals surface area contributed by atoms with Crippen LogP contribution < -0.4 is 5.32 Å². The molecule has 1 amide bonds. The van der Waals surface area contributed by atoms with Gasteiger partial charge < -0.3 is 14.9 Å². The number of carbonyl (C=O) groups is 2. The summed E-state index contributed by atoms with van der Waals surface area (Å²) in [6, 6.07) is 0.671. The zero-order chi connectivity index (χ0) is 15.7. The summed E-state index contributed by atoms with van der Waals surface area (Å²) in [6.45, 7) is 7.00. The van der Waals surface area contributed by atoms with Gasteiger partial charge in [-0.05, 0) is 25.8 Å². The molecule has 0 saturated heterocycles. The number of amides is 1. The zero-order valence-corrected chi connectivity index (χ0v) is 12.3. The standard InChI is InChI=1S/C14H17N3O4/c1-6(2)10-5-9(12(18)15-8(4)14(19)20)11-7(3)17-21-13(11)16-10/h5-6,8H,1-4H3,(H,15,18)(H,19,20)/t8-/m1/s1. The normalized spacial score (nSPS) is 12.6. The summed E-state index contributed by atoms with van der Waals surface area (Å²) in [5.74, 6) is -1.48. The van der Waals surface area contributed by atoms with Crippen LogP contribution in [0, 0.1) is 6.92 Å². The number of nitrogens with one attached hydrogen (secondary N) is 1. The Morgan fingerprint density at radius 3 is 2.57 bits per heavy atom. The third-order valence-electron chi connectivity index (χ3n) is 3.19. The van der Waals surface area contributed by atoms with Gasteiger partial charge in [0.1, 0.15) is 6.04 Å². The van der Waals surface area contributed by atoms with Crippen molar-refractivity contribution in [2.75, 3.05) is 0 Å². The molecule has 2 rings (SSSR count). The van der Waals surface area contributed by atoms with Gasteiger partial charge in [-0.1, -0.05) is 19.0 Å². The number of rotatable bonds is 4. The molecule has 0 spiro atoms. The summed E-state index contributed by atoms with van der Waals surface area (Å²) in [5, 5.41) is 15.7. The molecule has 2 heterocycles. The number of nitrogens with zero attached hydrogens (tertiary/aromatic N) is 2. The lowest BCUT2D eigenvalue weighted by Gasteiger charge is -2.11. The van der Waals surface area contributed by atoms with E-state index in [-0.39, 0.29) is 11.6 Å². The Balaban J connectivity index is 2.52. The first kappa shape index (κ1) is 15.0. The molecule has 0 aliphatic heterocycles. The summed E-state index contributed by atoms with van der Waals surface area (Å²) in [7, 11) is 0. The van der Waals surface area contributed by atoms with Gasteiger partial charge in [0.25, 0.3) is 11.6 Å². The second-order valence-electron chi connectivity index (χ2n) is 5.23. The van der Waals surface area contributed by atoms with E-state index in [4.69, 9.17) is 9.63 Å². The third-order valence-corrected chi connectivity index (χ3v) is 3.19. The molecular formula is C14H17N3O4. The van der Waals surface area contributed by atoms with Crippen LogP contribution in [0.25, 0.3) is 11.1 Å². The third kappa shape index (κ3) is 2.86. The predicted octanol–water partition coefficient (Wildman–Crippen LogP) is 1.86. The fourth-order valence-electron chi connectivity index (χ4n) is 1.92. The maximum absolute atomic E-state index is 12.3. The molecule has 2 N–H and O–H groups in total. The van der Waals surface area contributed by atoms with E-state index < -0.39 is 17.9 Å². The summed E-state index contributed by atoms with van der Waals surface area (Å²) >= 11 is 0. The molecule has 0 bridgehead atoms. The number of fused-ring (bicyclic) bond motifs is 1. The molecule has 0 aliphatic rings. The van der Waals surface area contributed by atoms with Crippen LogP contribution in [0.4, 0.5) is 0 Å². The van der Waals surface area contributed by atoms with Crippen LogP contribution in [0.15, 0.2) is 10.6 Å². The molecule has 1 atom stereocenters. The second-order valence-corrected chi connectivity index (χ2v) is 5.23. The topological polar surface area (TPSA) is 105 Å². The molecular weight excluding hydrogens is 274 g/mol. The van der Waals surface area contributed by atoms with Crippen LogP contribution >= 0.6 is 0 Å². The average Bonchev–Trinajstić information content (AvgIpc) is 2.79. The van der Waals surface area contributed by atoms with Crippen molar-refractivity contribution in [3.63, 3.8) is 0 Å². The number of pyridine rings is 1. The predicted molar refractivity (Wildman–Crippen MR) is 75.2 cm³/mol. The minimum atomic E-state index is -1.10. The zero-order valence-electron chi connectivity index (χ0n) is 12.3. The van der Waals surface area contributed by atoms with Gasteiger partial charge in [-0.3, -0.25) is 9.59 Å².